The SMILES string of the molecule is COc1cc(COCc2ccc(Cl)cc2)ccc1CN. The molecule has 0 saturated carbocycles. The minimum atomic E-state index is 0.467. The van der Waals surface area contributed by atoms with Crippen molar-refractivity contribution in [2.24, 2.45) is 5.73 Å². The standard InChI is InChI=1S/C16H18ClNO2/c1-19-16-8-13(2-5-14(16)9-18)11-20-10-12-3-6-15(17)7-4-12/h2-8H,9-11,18H2,1H3. The van der Waals surface area contributed by atoms with Crippen LogP contribution in [-0.2, 0) is 24.5 Å². The minimum Gasteiger partial charge on any atom is -0.496 e. The van der Waals surface area contributed by atoms with Crippen molar-refractivity contribution < 1.29 is 9.47 Å². The van der Waals surface area contributed by atoms with Gasteiger partial charge in [-0.3, -0.25) is 0 Å². The summed E-state index contributed by atoms with van der Waals surface area (Å²) in [7, 11) is 1.65. The number of nitrogens with two attached hydrogens (primary N) is 1. The van der Waals surface area contributed by atoms with Crippen LogP contribution in [0.4, 0.5) is 0 Å². The Hall–Kier alpha value is -1.55. The highest BCUT2D eigenvalue weighted by Gasteiger charge is 2.03. The molecular weight excluding hydrogens is 274 g/mol. The molecule has 2 aromatic rings. The molecule has 106 valence electrons. The molecule has 2 rings (SSSR count). The molecule has 2 aromatic carbocycles. The number of rotatable bonds is 6. The maximum atomic E-state index is 5.84. The van der Waals surface area contributed by atoms with Gasteiger partial charge in [0.2, 0.25) is 0 Å². The molecule has 0 amide bonds. The van der Waals surface area contributed by atoms with E-state index >= 15 is 0 Å². The van der Waals surface area contributed by atoms with Gasteiger partial charge < -0.3 is 15.2 Å². The second kappa shape index (κ2) is 7.29. The van der Waals surface area contributed by atoms with E-state index in [4.69, 9.17) is 26.8 Å². The second-order valence-electron chi connectivity index (χ2n) is 4.47. The zero-order valence-electron chi connectivity index (χ0n) is 11.4. The van der Waals surface area contributed by atoms with Crippen molar-refractivity contribution in [2.45, 2.75) is 19.8 Å². The van der Waals surface area contributed by atoms with Gasteiger partial charge in [0.15, 0.2) is 0 Å². The third-order valence-corrected chi connectivity index (χ3v) is 3.27. The van der Waals surface area contributed by atoms with Crippen molar-refractivity contribution in [1.82, 2.24) is 0 Å². The van der Waals surface area contributed by atoms with E-state index in [1.807, 2.05) is 42.5 Å². The summed E-state index contributed by atoms with van der Waals surface area (Å²) in [4.78, 5) is 0. The Bertz CT molecular complexity index is 555. The molecular formula is C16H18ClNO2. The Kier molecular flexibility index (Phi) is 5.41. The molecule has 4 heteroatoms. The first-order chi connectivity index (χ1) is 9.72. The molecule has 0 aromatic heterocycles. The predicted octanol–water partition coefficient (Wildman–Crippen LogP) is 3.52. The van der Waals surface area contributed by atoms with Crippen LogP contribution in [0.25, 0.3) is 0 Å². The first kappa shape index (κ1) is 14.9. The summed E-state index contributed by atoms with van der Waals surface area (Å²) < 4.78 is 11.0. The van der Waals surface area contributed by atoms with Crippen molar-refractivity contribution in [1.29, 1.82) is 0 Å². The maximum Gasteiger partial charge on any atom is 0.123 e. The van der Waals surface area contributed by atoms with Crippen LogP contribution in [0.5, 0.6) is 5.75 Å². The summed E-state index contributed by atoms with van der Waals surface area (Å²) in [6.07, 6.45) is 0. The molecule has 0 atom stereocenters. The third kappa shape index (κ3) is 3.97. The van der Waals surface area contributed by atoms with E-state index in [1.165, 1.54) is 0 Å². The summed E-state index contributed by atoms with van der Waals surface area (Å²) in [6.45, 7) is 1.55. The Morgan fingerprint density at radius 3 is 2.30 bits per heavy atom. The van der Waals surface area contributed by atoms with Gasteiger partial charge in [-0.25, -0.2) is 0 Å². The van der Waals surface area contributed by atoms with Gasteiger partial charge in [0.05, 0.1) is 20.3 Å². The number of hydrogen-bond acceptors (Lipinski definition) is 3. The van der Waals surface area contributed by atoms with E-state index in [2.05, 4.69) is 0 Å². The lowest BCUT2D eigenvalue weighted by atomic mass is 10.1. The molecule has 0 aliphatic heterocycles. The van der Waals surface area contributed by atoms with E-state index in [-0.39, 0.29) is 0 Å². The highest BCUT2D eigenvalue weighted by Crippen LogP contribution is 2.20. The average Bonchev–Trinajstić information content (AvgIpc) is 2.49. The van der Waals surface area contributed by atoms with Crippen LogP contribution in [0.1, 0.15) is 16.7 Å². The number of halogens is 1. The van der Waals surface area contributed by atoms with E-state index in [1.54, 1.807) is 7.11 Å². The fourth-order valence-electron chi connectivity index (χ4n) is 1.91. The fraction of sp³-hybridized carbons (Fsp3) is 0.250. The van der Waals surface area contributed by atoms with Crippen LogP contribution >= 0.6 is 11.6 Å². The molecule has 3 nitrogen and oxygen atoms in total. The molecule has 0 heterocycles. The van der Waals surface area contributed by atoms with Crippen molar-refractivity contribution in [3.8, 4) is 5.75 Å². The topological polar surface area (TPSA) is 44.5 Å². The summed E-state index contributed by atoms with van der Waals surface area (Å²) in [5.41, 5.74) is 8.80. The van der Waals surface area contributed by atoms with Crippen LogP contribution in [0.3, 0.4) is 0 Å². The number of methoxy groups -OCH3 is 1. The fourth-order valence-corrected chi connectivity index (χ4v) is 2.04. The Balaban J connectivity index is 1.92. The lowest BCUT2D eigenvalue weighted by molar-refractivity contribution is 0.107. The second-order valence-corrected chi connectivity index (χ2v) is 4.91. The molecule has 0 spiro atoms. The van der Waals surface area contributed by atoms with Gasteiger partial charge in [0.25, 0.3) is 0 Å². The first-order valence-electron chi connectivity index (χ1n) is 6.41. The Morgan fingerprint density at radius 1 is 1.00 bits per heavy atom. The van der Waals surface area contributed by atoms with Crippen molar-refractivity contribution in [3.05, 3.63) is 64.2 Å². The zero-order valence-corrected chi connectivity index (χ0v) is 12.2. The zero-order chi connectivity index (χ0) is 14.4. The van der Waals surface area contributed by atoms with E-state index < -0.39 is 0 Å². The Labute approximate surface area is 124 Å². The third-order valence-electron chi connectivity index (χ3n) is 3.02. The molecule has 0 aliphatic rings. The van der Waals surface area contributed by atoms with Gasteiger partial charge in [-0.1, -0.05) is 35.9 Å². The summed E-state index contributed by atoms with van der Waals surface area (Å²) >= 11 is 5.84. The molecule has 20 heavy (non-hydrogen) atoms. The van der Waals surface area contributed by atoms with E-state index in [0.29, 0.717) is 19.8 Å². The molecule has 0 bridgehead atoms. The lowest BCUT2D eigenvalue weighted by Gasteiger charge is -2.10. The smallest absolute Gasteiger partial charge is 0.123 e. The minimum absolute atomic E-state index is 0.467. The van der Waals surface area contributed by atoms with Gasteiger partial charge in [0, 0.05) is 17.1 Å². The largest absolute Gasteiger partial charge is 0.496 e. The highest BCUT2D eigenvalue weighted by atomic mass is 35.5. The monoisotopic (exact) mass is 291 g/mol. The van der Waals surface area contributed by atoms with Crippen LogP contribution in [-0.4, -0.2) is 7.11 Å². The van der Waals surface area contributed by atoms with Gasteiger partial charge in [-0.2, -0.15) is 0 Å². The van der Waals surface area contributed by atoms with Gasteiger partial charge in [0.1, 0.15) is 5.75 Å². The quantitative estimate of drug-likeness (QED) is 0.885. The average molecular weight is 292 g/mol. The first-order valence-corrected chi connectivity index (χ1v) is 6.78. The van der Waals surface area contributed by atoms with Crippen LogP contribution in [0.15, 0.2) is 42.5 Å². The van der Waals surface area contributed by atoms with Crippen molar-refractivity contribution in [2.75, 3.05) is 7.11 Å². The molecule has 0 saturated heterocycles. The van der Waals surface area contributed by atoms with Gasteiger partial charge in [-0.15, -0.1) is 0 Å². The Morgan fingerprint density at radius 2 is 1.65 bits per heavy atom. The summed E-state index contributed by atoms with van der Waals surface area (Å²) in [6, 6.07) is 13.6. The summed E-state index contributed by atoms with van der Waals surface area (Å²) in [5, 5.41) is 0.732. The number of ether oxygens (including phenoxy) is 2. The predicted molar refractivity (Wildman–Crippen MR) is 80.8 cm³/mol. The number of hydrogen-bond donors (Lipinski definition) is 1. The maximum absolute atomic E-state index is 5.84. The highest BCUT2D eigenvalue weighted by molar-refractivity contribution is 6.30. The molecule has 0 aliphatic carbocycles. The van der Waals surface area contributed by atoms with E-state index in [9.17, 15) is 0 Å². The van der Waals surface area contributed by atoms with Crippen LogP contribution < -0.4 is 10.5 Å². The molecule has 0 radical (unpaired) electrons. The van der Waals surface area contributed by atoms with Crippen molar-refractivity contribution >= 4 is 11.6 Å². The van der Waals surface area contributed by atoms with Crippen LogP contribution in [0, 0.1) is 0 Å². The molecule has 0 unspecified atom stereocenters. The van der Waals surface area contributed by atoms with E-state index in [0.717, 1.165) is 27.5 Å². The van der Waals surface area contributed by atoms with Crippen molar-refractivity contribution in [3.63, 3.8) is 0 Å². The lowest BCUT2D eigenvalue weighted by Crippen LogP contribution is -2.01. The van der Waals surface area contributed by atoms with Gasteiger partial charge >= 0.3 is 0 Å². The number of benzene rings is 2. The van der Waals surface area contributed by atoms with Crippen LogP contribution in [0.2, 0.25) is 5.02 Å². The van der Waals surface area contributed by atoms with Gasteiger partial charge in [-0.05, 0) is 29.3 Å². The molecule has 2 N–H and O–H groups in total. The normalized spacial score (nSPS) is 10.6. The summed E-state index contributed by atoms with van der Waals surface area (Å²) in [5.74, 6) is 0.806. The molecule has 0 fully saturated rings.